The van der Waals surface area contributed by atoms with E-state index in [4.69, 9.17) is 23.2 Å². The van der Waals surface area contributed by atoms with E-state index in [1.54, 1.807) is 20.8 Å². The minimum Gasteiger partial charge on any atom is -0.481 e. The third kappa shape index (κ3) is 6.85. The van der Waals surface area contributed by atoms with Crippen molar-refractivity contribution in [3.05, 3.63) is 51.0 Å². The summed E-state index contributed by atoms with van der Waals surface area (Å²) < 4.78 is 57.2. The number of Topliss-reactive ketones (excluding diaryl/α,β-unsaturated/α-hetero) is 1. The summed E-state index contributed by atoms with van der Waals surface area (Å²) in [6.45, 7) is 4.47. The van der Waals surface area contributed by atoms with Gasteiger partial charge in [0.25, 0.3) is 5.91 Å². The highest BCUT2D eigenvalue weighted by Crippen LogP contribution is 2.39. The van der Waals surface area contributed by atoms with Gasteiger partial charge in [-0.2, -0.15) is 18.3 Å². The first kappa shape index (κ1) is 29.9. The summed E-state index contributed by atoms with van der Waals surface area (Å²) in [5.74, 6) is -4.26. The quantitative estimate of drug-likeness (QED) is 0.297. The van der Waals surface area contributed by atoms with Crippen LogP contribution in [0.1, 0.15) is 78.9 Å². The first-order chi connectivity index (χ1) is 17.5. The monoisotopic (exact) mass is 579 g/mol. The number of aromatic nitrogens is 2. The predicted molar refractivity (Wildman–Crippen MR) is 132 cm³/mol. The van der Waals surface area contributed by atoms with Crippen molar-refractivity contribution in [2.45, 2.75) is 58.7 Å². The molecule has 3 rings (SSSR count). The van der Waals surface area contributed by atoms with Crippen LogP contribution in [0.4, 0.5) is 17.6 Å². The number of aliphatic carboxylic acids is 1. The molecule has 1 amide bonds. The van der Waals surface area contributed by atoms with E-state index in [1.807, 2.05) is 0 Å². The van der Waals surface area contributed by atoms with E-state index in [9.17, 15) is 37.1 Å². The number of halogens is 6. The Labute approximate surface area is 226 Å². The second kappa shape index (κ2) is 11.2. The van der Waals surface area contributed by atoms with Gasteiger partial charge < -0.3 is 10.0 Å². The summed E-state index contributed by atoms with van der Waals surface area (Å²) in [6.07, 6.45) is -3.45. The summed E-state index contributed by atoms with van der Waals surface area (Å²) in [5.41, 5.74) is -2.85. The Morgan fingerprint density at radius 3 is 2.11 bits per heavy atom. The van der Waals surface area contributed by atoms with Gasteiger partial charge in [-0.3, -0.25) is 19.1 Å². The van der Waals surface area contributed by atoms with E-state index < -0.39 is 64.8 Å². The van der Waals surface area contributed by atoms with Crippen molar-refractivity contribution < 1.29 is 37.1 Å². The third-order valence-corrected chi connectivity index (χ3v) is 6.85. The van der Waals surface area contributed by atoms with Crippen molar-refractivity contribution in [1.82, 2.24) is 14.7 Å². The van der Waals surface area contributed by atoms with Crippen molar-refractivity contribution in [2.24, 2.45) is 11.3 Å². The van der Waals surface area contributed by atoms with E-state index in [0.29, 0.717) is 0 Å². The zero-order valence-electron chi connectivity index (χ0n) is 20.9. The molecular weight excluding hydrogens is 553 g/mol. The number of nitrogens with zero attached hydrogens (tertiary/aromatic N) is 3. The second-order valence-corrected chi connectivity index (χ2v) is 11.4. The minimum absolute atomic E-state index is 0.0970. The fourth-order valence-electron chi connectivity index (χ4n) is 4.65. The average Bonchev–Trinajstić information content (AvgIpc) is 3.22. The number of alkyl halides is 3. The maximum atomic E-state index is 14.3. The van der Waals surface area contributed by atoms with Gasteiger partial charge in [0.1, 0.15) is 5.82 Å². The van der Waals surface area contributed by atoms with Gasteiger partial charge in [0.05, 0.1) is 45.9 Å². The molecule has 0 bridgehead atoms. The molecule has 2 aromatic rings. The van der Waals surface area contributed by atoms with Gasteiger partial charge in [0, 0.05) is 6.54 Å². The van der Waals surface area contributed by atoms with E-state index in [1.165, 1.54) is 0 Å². The molecule has 38 heavy (non-hydrogen) atoms. The number of hydrogen-bond acceptors (Lipinski definition) is 4. The Morgan fingerprint density at radius 2 is 1.63 bits per heavy atom. The highest BCUT2D eigenvalue weighted by molar-refractivity contribution is 6.40. The number of rotatable bonds is 7. The molecular formula is C25H27Cl2F4N3O4. The molecule has 1 N–H and O–H groups in total. The van der Waals surface area contributed by atoms with Crippen LogP contribution in [0.25, 0.3) is 0 Å². The molecule has 7 nitrogen and oxygen atoms in total. The standard InChI is InChI=1S/C25H27Cl2F4N3O4/c1-24(2,3)12-33(11-19(35)20-17(26)8-14(28)9-18(20)27)22(36)16-10-32-34(21(16)25(29,30)31)15-6-4-13(5-7-15)23(37)38/h8-10,13,15H,4-7,11-12H2,1-3H3,(H,37,38)/t13-,15-. The molecule has 1 saturated carbocycles. The summed E-state index contributed by atoms with van der Waals surface area (Å²) in [5, 5.41) is 12.5. The number of carbonyl (C=O) groups is 3. The lowest BCUT2D eigenvalue weighted by atomic mass is 9.86. The van der Waals surface area contributed by atoms with Crippen molar-refractivity contribution in [2.75, 3.05) is 13.1 Å². The number of carbonyl (C=O) groups excluding carboxylic acids is 2. The lowest BCUT2D eigenvalue weighted by Gasteiger charge is -2.30. The number of ketones is 1. The SMILES string of the molecule is CC(C)(C)CN(CC(=O)c1c(Cl)cc(F)cc1Cl)C(=O)c1cnn([C@H]2CC[C@H](C(=O)O)CC2)c1C(F)(F)F. The molecule has 1 aromatic carbocycles. The maximum absolute atomic E-state index is 14.3. The number of carboxylic acids is 1. The lowest BCUT2D eigenvalue weighted by molar-refractivity contribution is -0.147. The molecule has 0 spiro atoms. The van der Waals surface area contributed by atoms with Gasteiger partial charge in [0.2, 0.25) is 0 Å². The van der Waals surface area contributed by atoms with Gasteiger partial charge in [-0.25, -0.2) is 4.39 Å². The van der Waals surface area contributed by atoms with Crippen LogP contribution in [0.3, 0.4) is 0 Å². The molecule has 0 unspecified atom stereocenters. The highest BCUT2D eigenvalue weighted by Gasteiger charge is 2.43. The van der Waals surface area contributed by atoms with Crippen LogP contribution in [0.5, 0.6) is 0 Å². The predicted octanol–water partition coefficient (Wildman–Crippen LogP) is 6.53. The molecule has 1 aliphatic rings. The molecule has 0 aliphatic heterocycles. The van der Waals surface area contributed by atoms with E-state index in [-0.39, 0.29) is 47.8 Å². The normalized spacial score (nSPS) is 18.3. The fraction of sp³-hybridized carbons (Fsp3) is 0.520. The van der Waals surface area contributed by atoms with E-state index >= 15 is 0 Å². The summed E-state index contributed by atoms with van der Waals surface area (Å²) >= 11 is 12.0. The van der Waals surface area contributed by atoms with Crippen molar-refractivity contribution in [3.8, 4) is 0 Å². The second-order valence-electron chi connectivity index (χ2n) is 10.6. The van der Waals surface area contributed by atoms with Crippen LogP contribution in [0.15, 0.2) is 18.3 Å². The Bertz CT molecular complexity index is 1210. The smallest absolute Gasteiger partial charge is 0.433 e. The van der Waals surface area contributed by atoms with Crippen LogP contribution in [-0.2, 0) is 11.0 Å². The number of benzene rings is 1. The molecule has 1 aromatic heterocycles. The van der Waals surface area contributed by atoms with Gasteiger partial charge in [-0.05, 0) is 43.2 Å². The van der Waals surface area contributed by atoms with Crippen LogP contribution < -0.4 is 0 Å². The number of carboxylic acid groups (broad SMARTS) is 1. The summed E-state index contributed by atoms with van der Waals surface area (Å²) in [4.78, 5) is 38.8. The fourth-order valence-corrected chi connectivity index (χ4v) is 5.32. The van der Waals surface area contributed by atoms with E-state index in [0.717, 1.165) is 27.9 Å². The van der Waals surface area contributed by atoms with Crippen molar-refractivity contribution in [3.63, 3.8) is 0 Å². The Hall–Kier alpha value is -2.66. The molecule has 13 heteroatoms. The van der Waals surface area contributed by atoms with Gasteiger partial charge in [-0.15, -0.1) is 0 Å². The average molecular weight is 580 g/mol. The van der Waals surface area contributed by atoms with Crippen molar-refractivity contribution >= 4 is 40.9 Å². The minimum atomic E-state index is -4.95. The van der Waals surface area contributed by atoms with E-state index in [2.05, 4.69) is 5.10 Å². The molecule has 1 heterocycles. The first-order valence-corrected chi connectivity index (χ1v) is 12.6. The Balaban J connectivity index is 1.98. The number of amides is 1. The van der Waals surface area contributed by atoms with Crippen LogP contribution in [0.2, 0.25) is 10.0 Å². The maximum Gasteiger partial charge on any atom is 0.433 e. The molecule has 1 aliphatic carbocycles. The highest BCUT2D eigenvalue weighted by atomic mass is 35.5. The largest absolute Gasteiger partial charge is 0.481 e. The van der Waals surface area contributed by atoms with Crippen LogP contribution in [0, 0.1) is 17.2 Å². The first-order valence-electron chi connectivity index (χ1n) is 11.8. The topological polar surface area (TPSA) is 92.5 Å². The lowest BCUT2D eigenvalue weighted by Crippen LogP contribution is -2.42. The molecule has 208 valence electrons. The van der Waals surface area contributed by atoms with Crippen LogP contribution >= 0.6 is 23.2 Å². The van der Waals surface area contributed by atoms with Gasteiger partial charge in [0.15, 0.2) is 11.5 Å². The zero-order chi connectivity index (χ0) is 28.6. The zero-order valence-corrected chi connectivity index (χ0v) is 22.4. The van der Waals surface area contributed by atoms with Crippen LogP contribution in [-0.4, -0.2) is 50.5 Å². The number of hydrogen-bond donors (Lipinski definition) is 1. The summed E-state index contributed by atoms with van der Waals surface area (Å²) in [7, 11) is 0. The third-order valence-electron chi connectivity index (χ3n) is 6.26. The Morgan fingerprint density at radius 1 is 1.08 bits per heavy atom. The molecule has 1 fully saturated rings. The summed E-state index contributed by atoms with van der Waals surface area (Å²) in [6, 6.07) is 1.02. The molecule has 0 saturated heterocycles. The molecule has 0 atom stereocenters. The van der Waals surface area contributed by atoms with Gasteiger partial charge in [-0.1, -0.05) is 44.0 Å². The van der Waals surface area contributed by atoms with Crippen molar-refractivity contribution in [1.29, 1.82) is 0 Å². The Kier molecular flexibility index (Phi) is 8.82. The van der Waals surface area contributed by atoms with Gasteiger partial charge >= 0.3 is 12.1 Å². The molecule has 0 radical (unpaired) electrons.